The molecule has 2 atom stereocenters. The maximum Gasteiger partial charge on any atom is 0.320 e. The molecule has 0 amide bonds. The summed E-state index contributed by atoms with van der Waals surface area (Å²) < 4.78 is 69.0. The highest BCUT2D eigenvalue weighted by molar-refractivity contribution is 7.23. The second kappa shape index (κ2) is 10.7. The minimum absolute atomic E-state index is 0.0209. The average Bonchev–Trinajstić information content (AvgIpc) is 3.75. The van der Waals surface area contributed by atoms with E-state index < -0.39 is 23.3 Å². The number of pyridine rings is 1. The maximum absolute atomic E-state index is 16.9. The Morgan fingerprint density at radius 1 is 1.21 bits per heavy atom. The van der Waals surface area contributed by atoms with Gasteiger partial charge in [0.15, 0.2) is 11.6 Å². The van der Waals surface area contributed by atoms with Crippen LogP contribution in [0.15, 0.2) is 6.20 Å². The van der Waals surface area contributed by atoms with Gasteiger partial charge in [0.2, 0.25) is 5.88 Å². The summed E-state index contributed by atoms with van der Waals surface area (Å²) in [6.45, 7) is 1.81. The van der Waals surface area contributed by atoms with Crippen LogP contribution in [0.5, 0.6) is 11.9 Å². The summed E-state index contributed by atoms with van der Waals surface area (Å²) in [6.07, 6.45) is 2.10. The molecule has 14 heteroatoms. The van der Waals surface area contributed by atoms with Gasteiger partial charge < -0.3 is 24.7 Å². The molecule has 0 aliphatic carbocycles. The van der Waals surface area contributed by atoms with Crippen molar-refractivity contribution in [3.63, 3.8) is 0 Å². The number of rotatable bonds is 8. The van der Waals surface area contributed by atoms with Gasteiger partial charge in [-0.25, -0.2) is 13.2 Å². The first kappa shape index (κ1) is 28.0. The summed E-state index contributed by atoms with van der Waals surface area (Å²) in [4.78, 5) is 15.3. The van der Waals surface area contributed by atoms with Crippen molar-refractivity contribution in [1.29, 1.82) is 5.26 Å². The Labute approximate surface area is 248 Å². The highest BCUT2D eigenvalue weighted by Crippen LogP contribution is 2.47. The molecule has 0 bridgehead atoms. The third kappa shape index (κ3) is 4.45. The first-order valence-corrected chi connectivity index (χ1v) is 14.7. The average molecular weight is 613 g/mol. The highest BCUT2D eigenvalue weighted by Gasteiger charge is 2.49. The van der Waals surface area contributed by atoms with Gasteiger partial charge in [-0.3, -0.25) is 9.88 Å². The standard InChI is InChI=1S/C29H27F3N6O4S/c1-39-5-6-41-27-21-17-12-40-11-16(17)19(23-20-15(8-33)26(34)43-25(20)18(31)9-35-23)22(32)24(21)36-28(37-27)42-13-29-3-2-4-38(29)10-14(30)7-29/h9,14H,2-7,10-13,34H2,1H3/t14?,29-/m0/s1. The number of halogens is 3. The smallest absolute Gasteiger partial charge is 0.320 e. The monoisotopic (exact) mass is 612 g/mol. The quantitative estimate of drug-likeness (QED) is 0.281. The second-order valence-electron chi connectivity index (χ2n) is 11.0. The van der Waals surface area contributed by atoms with Crippen molar-refractivity contribution < 1.29 is 32.1 Å². The fourth-order valence-corrected chi connectivity index (χ4v) is 7.57. The third-order valence-electron chi connectivity index (χ3n) is 8.55. The lowest BCUT2D eigenvalue weighted by atomic mass is 9.93. The minimum Gasteiger partial charge on any atom is -0.475 e. The molecule has 4 aromatic rings. The van der Waals surface area contributed by atoms with E-state index in [1.165, 1.54) is 7.11 Å². The molecule has 0 spiro atoms. The number of hydrogen-bond donors (Lipinski definition) is 1. The van der Waals surface area contributed by atoms with E-state index in [9.17, 15) is 14.0 Å². The number of nitriles is 1. The van der Waals surface area contributed by atoms with E-state index in [1.807, 2.05) is 6.07 Å². The molecular formula is C29H27F3N6O4S. The first-order valence-electron chi connectivity index (χ1n) is 13.9. The van der Waals surface area contributed by atoms with Gasteiger partial charge in [0.05, 0.1) is 52.9 Å². The molecule has 2 N–H and O–H groups in total. The summed E-state index contributed by atoms with van der Waals surface area (Å²) >= 11 is 0.902. The third-order valence-corrected chi connectivity index (χ3v) is 9.57. The fraction of sp³-hybridized carbons (Fsp3) is 0.448. The van der Waals surface area contributed by atoms with Crippen molar-refractivity contribution in [2.45, 2.75) is 44.2 Å². The molecule has 1 aromatic carbocycles. The number of nitrogens with zero attached hydrogens (tertiary/aromatic N) is 5. The second-order valence-corrected chi connectivity index (χ2v) is 12.0. The molecule has 1 unspecified atom stereocenters. The van der Waals surface area contributed by atoms with Gasteiger partial charge in [-0.2, -0.15) is 15.2 Å². The highest BCUT2D eigenvalue weighted by atomic mass is 32.1. The van der Waals surface area contributed by atoms with Crippen LogP contribution < -0.4 is 15.2 Å². The maximum atomic E-state index is 16.9. The largest absolute Gasteiger partial charge is 0.475 e. The predicted octanol–water partition coefficient (Wildman–Crippen LogP) is 4.65. The van der Waals surface area contributed by atoms with Crippen LogP contribution in [0, 0.1) is 23.0 Å². The van der Waals surface area contributed by atoms with E-state index in [0.29, 0.717) is 29.5 Å². The Balaban J connectivity index is 1.41. The van der Waals surface area contributed by atoms with E-state index in [-0.39, 0.29) is 82.3 Å². The van der Waals surface area contributed by atoms with Gasteiger partial charge in [-0.1, -0.05) is 0 Å². The van der Waals surface area contributed by atoms with E-state index in [4.69, 9.17) is 24.7 Å². The Morgan fingerprint density at radius 2 is 2.05 bits per heavy atom. The van der Waals surface area contributed by atoms with E-state index >= 15 is 4.39 Å². The van der Waals surface area contributed by atoms with Gasteiger partial charge in [-0.05, 0) is 30.5 Å². The minimum atomic E-state index is -0.943. The first-order chi connectivity index (χ1) is 20.8. The van der Waals surface area contributed by atoms with Crippen LogP contribution in [-0.2, 0) is 22.7 Å². The van der Waals surface area contributed by atoms with Crippen molar-refractivity contribution in [3.05, 3.63) is 34.5 Å². The lowest BCUT2D eigenvalue weighted by Crippen LogP contribution is -2.43. The van der Waals surface area contributed by atoms with Gasteiger partial charge in [0.25, 0.3) is 0 Å². The molecule has 3 aliphatic rings. The molecule has 0 saturated carbocycles. The Bertz CT molecular complexity index is 1810. The molecule has 224 valence electrons. The number of thiophene rings is 1. The molecule has 43 heavy (non-hydrogen) atoms. The summed E-state index contributed by atoms with van der Waals surface area (Å²) in [5.41, 5.74) is 6.63. The molecule has 7 rings (SSSR count). The van der Waals surface area contributed by atoms with E-state index in [2.05, 4.69) is 19.9 Å². The van der Waals surface area contributed by atoms with Crippen molar-refractivity contribution >= 4 is 37.3 Å². The van der Waals surface area contributed by atoms with Crippen molar-refractivity contribution in [1.82, 2.24) is 19.9 Å². The number of alkyl halides is 1. The number of aromatic nitrogens is 3. The Morgan fingerprint density at radius 3 is 2.86 bits per heavy atom. The van der Waals surface area contributed by atoms with Crippen LogP contribution in [0.1, 0.15) is 36.0 Å². The van der Waals surface area contributed by atoms with Gasteiger partial charge in [0.1, 0.15) is 36.0 Å². The lowest BCUT2D eigenvalue weighted by Gasteiger charge is -2.30. The Kier molecular flexibility index (Phi) is 7.00. The topological polar surface area (TPSA) is 129 Å². The zero-order valence-corrected chi connectivity index (χ0v) is 24.0. The van der Waals surface area contributed by atoms with Crippen LogP contribution in [-0.4, -0.2) is 71.6 Å². The number of benzene rings is 1. The summed E-state index contributed by atoms with van der Waals surface area (Å²) in [5.74, 6) is -1.35. The van der Waals surface area contributed by atoms with Crippen LogP contribution in [0.25, 0.3) is 32.2 Å². The summed E-state index contributed by atoms with van der Waals surface area (Å²) in [6, 6.07) is 1.88. The van der Waals surface area contributed by atoms with Crippen molar-refractivity contribution in [2.24, 2.45) is 0 Å². The number of methoxy groups -OCH3 is 1. The SMILES string of the molecule is COCCOc1nc(OC[C@@]23CCCN2CC(F)C3)nc2c(F)c(-c3ncc(F)c4sc(N)c(C#N)c34)c3c(c12)COC3. The number of nitrogen functional groups attached to an aromatic ring is 1. The zero-order chi connectivity index (χ0) is 29.9. The number of nitrogens with two attached hydrogens (primary N) is 1. The van der Waals surface area contributed by atoms with Crippen molar-refractivity contribution in [3.8, 4) is 29.2 Å². The fourth-order valence-electron chi connectivity index (χ4n) is 6.65. The van der Waals surface area contributed by atoms with E-state index in [1.54, 1.807) is 0 Å². The molecule has 0 radical (unpaired) electrons. The molecule has 6 heterocycles. The molecule has 2 saturated heterocycles. The predicted molar refractivity (Wildman–Crippen MR) is 152 cm³/mol. The molecule has 3 aliphatic heterocycles. The molecule has 10 nitrogen and oxygen atoms in total. The van der Waals surface area contributed by atoms with Gasteiger partial charge in [-0.15, -0.1) is 11.3 Å². The van der Waals surface area contributed by atoms with E-state index in [0.717, 1.165) is 36.9 Å². The van der Waals surface area contributed by atoms with Crippen molar-refractivity contribution in [2.75, 3.05) is 45.8 Å². The Hall–Kier alpha value is -3.77. The van der Waals surface area contributed by atoms with Crippen LogP contribution in [0.4, 0.5) is 18.2 Å². The van der Waals surface area contributed by atoms with Crippen LogP contribution in [0.2, 0.25) is 0 Å². The molecule has 2 fully saturated rings. The van der Waals surface area contributed by atoms with Gasteiger partial charge >= 0.3 is 6.01 Å². The summed E-state index contributed by atoms with van der Waals surface area (Å²) in [7, 11) is 1.53. The number of anilines is 1. The lowest BCUT2D eigenvalue weighted by molar-refractivity contribution is 0.106. The molecule has 3 aromatic heterocycles. The number of hydrogen-bond acceptors (Lipinski definition) is 11. The van der Waals surface area contributed by atoms with Gasteiger partial charge in [0, 0.05) is 31.0 Å². The normalized spacial score (nSPS) is 21.4. The molecular weight excluding hydrogens is 585 g/mol. The van der Waals surface area contributed by atoms with Crippen LogP contribution >= 0.6 is 11.3 Å². The number of ether oxygens (including phenoxy) is 4. The number of fused-ring (bicyclic) bond motifs is 5. The summed E-state index contributed by atoms with van der Waals surface area (Å²) in [5, 5.41) is 10.4. The van der Waals surface area contributed by atoms with Crippen LogP contribution in [0.3, 0.4) is 0 Å². The zero-order valence-electron chi connectivity index (χ0n) is 23.2.